The van der Waals surface area contributed by atoms with Gasteiger partial charge in [-0.3, -0.25) is 9.59 Å². The van der Waals surface area contributed by atoms with E-state index in [0.717, 1.165) is 24.3 Å². The van der Waals surface area contributed by atoms with Crippen molar-refractivity contribution in [3.05, 3.63) is 54.0 Å². The highest BCUT2D eigenvalue weighted by Crippen LogP contribution is 2.48. The van der Waals surface area contributed by atoms with Crippen LogP contribution in [-0.4, -0.2) is 18.5 Å². The van der Waals surface area contributed by atoms with Gasteiger partial charge in [0.2, 0.25) is 0 Å². The van der Waals surface area contributed by atoms with E-state index in [1.54, 1.807) is 12.1 Å². The second-order valence-electron chi connectivity index (χ2n) is 5.70. The van der Waals surface area contributed by atoms with E-state index in [1.165, 1.54) is 6.26 Å². The van der Waals surface area contributed by atoms with Crippen molar-refractivity contribution >= 4 is 17.6 Å². The fourth-order valence-electron chi connectivity index (χ4n) is 2.46. The maximum Gasteiger partial charge on any atom is 0.416 e. The Morgan fingerprint density at radius 3 is 2.52 bits per heavy atom. The molecule has 132 valence electrons. The summed E-state index contributed by atoms with van der Waals surface area (Å²) in [6.45, 7) is -0.499. The molecule has 1 saturated carbocycles. The van der Waals surface area contributed by atoms with Crippen LogP contribution in [0, 0.1) is 5.92 Å². The molecule has 0 radical (unpaired) electrons. The summed E-state index contributed by atoms with van der Waals surface area (Å²) < 4.78 is 47.5. The first kappa shape index (κ1) is 17.1. The number of carbonyl (C=O) groups excluding carboxylic acids is 2. The highest BCUT2D eigenvalue weighted by atomic mass is 19.4. The molecule has 25 heavy (non-hydrogen) atoms. The van der Waals surface area contributed by atoms with E-state index in [1.807, 2.05) is 0 Å². The highest BCUT2D eigenvalue weighted by Gasteiger charge is 2.47. The highest BCUT2D eigenvalue weighted by molar-refractivity contribution is 5.93. The van der Waals surface area contributed by atoms with E-state index in [2.05, 4.69) is 5.32 Å². The van der Waals surface area contributed by atoms with Crippen LogP contribution in [0.1, 0.15) is 23.7 Å². The molecular weight excluding hydrogens is 339 g/mol. The molecule has 2 unspecified atom stereocenters. The lowest BCUT2D eigenvalue weighted by Gasteiger charge is -2.09. The van der Waals surface area contributed by atoms with Gasteiger partial charge in [-0.1, -0.05) is 0 Å². The van der Waals surface area contributed by atoms with Crippen molar-refractivity contribution in [3.8, 4) is 0 Å². The molecule has 1 aromatic heterocycles. The van der Waals surface area contributed by atoms with Crippen LogP contribution in [-0.2, 0) is 20.5 Å². The van der Waals surface area contributed by atoms with Crippen molar-refractivity contribution < 1.29 is 31.9 Å². The molecule has 0 saturated heterocycles. The molecule has 1 amide bonds. The van der Waals surface area contributed by atoms with E-state index < -0.39 is 30.2 Å². The van der Waals surface area contributed by atoms with Gasteiger partial charge in [0.15, 0.2) is 6.61 Å². The lowest BCUT2D eigenvalue weighted by molar-refractivity contribution is -0.148. The van der Waals surface area contributed by atoms with Gasteiger partial charge < -0.3 is 14.5 Å². The quantitative estimate of drug-likeness (QED) is 0.834. The van der Waals surface area contributed by atoms with Crippen LogP contribution in [0.15, 0.2) is 47.1 Å². The van der Waals surface area contributed by atoms with E-state index in [9.17, 15) is 22.8 Å². The number of ether oxygens (including phenoxy) is 1. The minimum Gasteiger partial charge on any atom is -0.469 e. The van der Waals surface area contributed by atoms with Crippen molar-refractivity contribution in [1.29, 1.82) is 0 Å². The number of carbonyl (C=O) groups is 2. The maximum atomic E-state index is 12.5. The number of hydrogen-bond donors (Lipinski definition) is 1. The van der Waals surface area contributed by atoms with Crippen LogP contribution in [0.5, 0.6) is 0 Å². The predicted octanol–water partition coefficient (Wildman–Crippen LogP) is 3.58. The van der Waals surface area contributed by atoms with E-state index in [0.29, 0.717) is 12.2 Å². The molecular formula is C17H14F3NO4. The molecule has 1 aliphatic carbocycles. The molecule has 1 heterocycles. The number of halogens is 3. The standard InChI is InChI=1S/C17H14F3NO4/c18-17(19,20)10-3-5-11(6-4-10)21-15(22)9-25-16(23)13-8-12(13)14-2-1-7-24-14/h1-7,12-13H,8-9H2,(H,21,22). The first-order chi connectivity index (χ1) is 11.8. The molecule has 8 heteroatoms. The minimum absolute atomic E-state index is 0.0273. The first-order valence-corrected chi connectivity index (χ1v) is 7.52. The van der Waals surface area contributed by atoms with Crippen LogP contribution < -0.4 is 5.32 Å². The SMILES string of the molecule is O=C(COC(=O)C1CC1c1ccco1)Nc1ccc(C(F)(F)F)cc1. The number of amides is 1. The van der Waals surface area contributed by atoms with E-state index in [4.69, 9.17) is 9.15 Å². The van der Waals surface area contributed by atoms with Gasteiger partial charge in [0.25, 0.3) is 5.91 Å². The van der Waals surface area contributed by atoms with Gasteiger partial charge in [-0.05, 0) is 42.8 Å². The molecule has 1 aliphatic rings. The third kappa shape index (κ3) is 4.20. The lowest BCUT2D eigenvalue weighted by atomic mass is 10.2. The number of furan rings is 1. The number of benzene rings is 1. The first-order valence-electron chi connectivity index (χ1n) is 7.52. The molecule has 1 fully saturated rings. The summed E-state index contributed by atoms with van der Waals surface area (Å²) in [5.41, 5.74) is -0.622. The van der Waals surface area contributed by atoms with E-state index in [-0.39, 0.29) is 17.5 Å². The fraction of sp³-hybridized carbons (Fsp3) is 0.294. The predicted molar refractivity (Wildman–Crippen MR) is 80.6 cm³/mol. The summed E-state index contributed by atoms with van der Waals surface area (Å²) >= 11 is 0. The Morgan fingerprint density at radius 1 is 1.20 bits per heavy atom. The monoisotopic (exact) mass is 353 g/mol. The second-order valence-corrected chi connectivity index (χ2v) is 5.70. The van der Waals surface area contributed by atoms with Crippen LogP contribution in [0.4, 0.5) is 18.9 Å². The molecule has 3 rings (SSSR count). The van der Waals surface area contributed by atoms with Crippen molar-refractivity contribution in [2.45, 2.75) is 18.5 Å². The average molecular weight is 353 g/mol. The van der Waals surface area contributed by atoms with Gasteiger partial charge in [-0.15, -0.1) is 0 Å². The van der Waals surface area contributed by atoms with Crippen LogP contribution in [0.2, 0.25) is 0 Å². The summed E-state index contributed by atoms with van der Waals surface area (Å²) in [4.78, 5) is 23.6. The Hall–Kier alpha value is -2.77. The second kappa shape index (κ2) is 6.62. The minimum atomic E-state index is -4.44. The van der Waals surface area contributed by atoms with Gasteiger partial charge in [0.05, 0.1) is 17.7 Å². The maximum absolute atomic E-state index is 12.5. The van der Waals surface area contributed by atoms with Gasteiger partial charge in [0, 0.05) is 11.6 Å². The number of hydrogen-bond acceptors (Lipinski definition) is 4. The summed E-state index contributed by atoms with van der Waals surface area (Å²) in [5, 5.41) is 2.37. The zero-order valence-corrected chi connectivity index (χ0v) is 12.9. The van der Waals surface area contributed by atoms with Crippen molar-refractivity contribution in [2.24, 2.45) is 5.92 Å². The third-order valence-corrected chi connectivity index (χ3v) is 3.84. The molecule has 2 atom stereocenters. The Kier molecular flexibility index (Phi) is 4.52. The summed E-state index contributed by atoms with van der Waals surface area (Å²) in [6, 6.07) is 7.50. The molecule has 0 aliphatic heterocycles. The van der Waals surface area contributed by atoms with Crippen LogP contribution in [0.25, 0.3) is 0 Å². The lowest BCUT2D eigenvalue weighted by Crippen LogP contribution is -2.21. The van der Waals surface area contributed by atoms with E-state index >= 15 is 0 Å². The molecule has 1 aromatic carbocycles. The van der Waals surface area contributed by atoms with Gasteiger partial charge in [0.1, 0.15) is 5.76 Å². The number of nitrogens with one attached hydrogen (secondary N) is 1. The molecule has 5 nitrogen and oxygen atoms in total. The van der Waals surface area contributed by atoms with Crippen LogP contribution >= 0.6 is 0 Å². The van der Waals surface area contributed by atoms with Gasteiger partial charge >= 0.3 is 12.1 Å². The zero-order valence-electron chi connectivity index (χ0n) is 12.9. The number of rotatable bonds is 5. The number of esters is 1. The Morgan fingerprint density at radius 2 is 1.92 bits per heavy atom. The van der Waals surface area contributed by atoms with Gasteiger partial charge in [-0.25, -0.2) is 0 Å². The Bertz CT molecular complexity index is 753. The summed E-state index contributed by atoms with van der Waals surface area (Å²) in [7, 11) is 0. The Balaban J connectivity index is 1.45. The van der Waals surface area contributed by atoms with Gasteiger partial charge in [-0.2, -0.15) is 13.2 Å². The number of anilines is 1. The van der Waals surface area contributed by atoms with Crippen LogP contribution in [0.3, 0.4) is 0 Å². The summed E-state index contributed by atoms with van der Waals surface area (Å²) in [5.74, 6) is -0.770. The average Bonchev–Trinajstić information content (AvgIpc) is 3.18. The number of alkyl halides is 3. The normalized spacial score (nSPS) is 19.3. The van der Waals surface area contributed by atoms with Crippen molar-refractivity contribution in [1.82, 2.24) is 0 Å². The molecule has 0 bridgehead atoms. The molecule has 1 N–H and O–H groups in total. The largest absolute Gasteiger partial charge is 0.469 e. The third-order valence-electron chi connectivity index (χ3n) is 3.84. The van der Waals surface area contributed by atoms with Crippen molar-refractivity contribution in [3.63, 3.8) is 0 Å². The Labute approximate surface area is 140 Å². The summed E-state index contributed by atoms with van der Waals surface area (Å²) in [6.07, 6.45) is -2.31. The smallest absolute Gasteiger partial charge is 0.416 e. The fourth-order valence-corrected chi connectivity index (χ4v) is 2.46. The zero-order chi connectivity index (χ0) is 18.0. The molecule has 2 aromatic rings. The molecule has 0 spiro atoms. The topological polar surface area (TPSA) is 68.5 Å². The van der Waals surface area contributed by atoms with Crippen molar-refractivity contribution in [2.75, 3.05) is 11.9 Å².